The molecule has 0 bridgehead atoms. The molecule has 1 unspecified atom stereocenters. The second kappa shape index (κ2) is 7.55. The number of carbonyl (C=O) groups is 2. The number of halogens is 1. The average molecular weight is 315 g/mol. The Labute approximate surface area is 128 Å². The van der Waals surface area contributed by atoms with Gasteiger partial charge in [0.05, 0.1) is 16.8 Å². The highest BCUT2D eigenvalue weighted by Gasteiger charge is 2.20. The van der Waals surface area contributed by atoms with Crippen LogP contribution in [0.5, 0.6) is 0 Å². The zero-order valence-corrected chi connectivity index (χ0v) is 13.3. The molecule has 6 heteroatoms. The van der Waals surface area contributed by atoms with Crippen molar-refractivity contribution >= 4 is 40.7 Å². The van der Waals surface area contributed by atoms with Crippen LogP contribution < -0.4 is 11.1 Å². The lowest BCUT2D eigenvalue weighted by atomic mass is 10.0. The number of benzene rings is 1. The van der Waals surface area contributed by atoms with Gasteiger partial charge in [-0.2, -0.15) is 0 Å². The molecular weight excluding hydrogens is 296 g/mol. The van der Waals surface area contributed by atoms with E-state index < -0.39 is 6.04 Å². The number of carbonyl (C=O) groups excluding carboxylic acids is 2. The van der Waals surface area contributed by atoms with Crippen LogP contribution in [0.1, 0.15) is 20.8 Å². The van der Waals surface area contributed by atoms with Crippen molar-refractivity contribution in [1.29, 1.82) is 0 Å². The van der Waals surface area contributed by atoms with Gasteiger partial charge in [0, 0.05) is 10.6 Å². The monoisotopic (exact) mass is 314 g/mol. The molecule has 0 aliphatic heterocycles. The Kier molecular flexibility index (Phi) is 6.36. The van der Waals surface area contributed by atoms with Crippen LogP contribution in [0.4, 0.5) is 5.69 Å². The first-order valence-electron chi connectivity index (χ1n) is 6.29. The first kappa shape index (κ1) is 16.9. The summed E-state index contributed by atoms with van der Waals surface area (Å²) in [5, 5.41) is 3.30. The van der Waals surface area contributed by atoms with E-state index in [9.17, 15) is 9.59 Å². The van der Waals surface area contributed by atoms with Gasteiger partial charge < -0.3 is 11.1 Å². The fraction of sp³-hybridized carbons (Fsp3) is 0.429. The van der Waals surface area contributed by atoms with E-state index in [0.717, 1.165) is 4.90 Å². The quantitative estimate of drug-likeness (QED) is 0.625. The largest absolute Gasteiger partial charge is 0.399 e. The molecule has 0 radical (unpaired) electrons. The van der Waals surface area contributed by atoms with Crippen LogP contribution in [0.3, 0.4) is 0 Å². The van der Waals surface area contributed by atoms with Gasteiger partial charge in [0.1, 0.15) is 0 Å². The first-order valence-corrected chi connectivity index (χ1v) is 7.65. The number of anilines is 1. The van der Waals surface area contributed by atoms with E-state index in [2.05, 4.69) is 5.32 Å². The Hall–Kier alpha value is -1.20. The van der Waals surface area contributed by atoms with E-state index >= 15 is 0 Å². The second-order valence-electron chi connectivity index (χ2n) is 4.88. The Morgan fingerprint density at radius 3 is 2.60 bits per heavy atom. The van der Waals surface area contributed by atoms with Crippen molar-refractivity contribution in [3.63, 3.8) is 0 Å². The van der Waals surface area contributed by atoms with E-state index in [1.54, 1.807) is 18.2 Å². The third-order valence-corrected chi connectivity index (χ3v) is 4.23. The Balaban J connectivity index is 2.59. The highest BCUT2D eigenvalue weighted by Crippen LogP contribution is 2.28. The summed E-state index contributed by atoms with van der Waals surface area (Å²) in [4.78, 5) is 24.1. The van der Waals surface area contributed by atoms with Gasteiger partial charge in [0.25, 0.3) is 0 Å². The molecule has 1 aromatic rings. The minimum atomic E-state index is -0.445. The molecule has 0 fully saturated rings. The summed E-state index contributed by atoms with van der Waals surface area (Å²) >= 11 is 7.32. The number of amides is 1. The van der Waals surface area contributed by atoms with E-state index in [0.29, 0.717) is 10.7 Å². The molecule has 1 rings (SSSR count). The standard InChI is InChI=1S/C14H19ClN2O2S/c1-8(2)14(9(3)18)17-13(19)7-20-12-6-10(16)4-5-11(12)15/h4-6,8,14H,7,16H2,1-3H3,(H,17,19). The molecule has 4 nitrogen and oxygen atoms in total. The molecule has 0 aliphatic rings. The number of nitrogens with one attached hydrogen (secondary N) is 1. The molecule has 0 heterocycles. The van der Waals surface area contributed by atoms with Crippen molar-refractivity contribution < 1.29 is 9.59 Å². The number of rotatable bonds is 6. The van der Waals surface area contributed by atoms with Crippen molar-refractivity contribution in [3.8, 4) is 0 Å². The Morgan fingerprint density at radius 1 is 1.40 bits per heavy atom. The lowest BCUT2D eigenvalue weighted by molar-refractivity contribution is -0.126. The SMILES string of the molecule is CC(=O)C(NC(=O)CSc1cc(N)ccc1Cl)C(C)C. The van der Waals surface area contributed by atoms with Gasteiger partial charge in [-0.05, 0) is 31.0 Å². The number of Topliss-reactive ketones (excluding diaryl/α,β-unsaturated/α-hetero) is 1. The molecule has 3 N–H and O–H groups in total. The van der Waals surface area contributed by atoms with Gasteiger partial charge in [0.15, 0.2) is 5.78 Å². The zero-order valence-electron chi connectivity index (χ0n) is 11.8. The number of thioether (sulfide) groups is 1. The summed E-state index contributed by atoms with van der Waals surface area (Å²) < 4.78 is 0. The summed E-state index contributed by atoms with van der Waals surface area (Å²) in [5.41, 5.74) is 6.28. The molecule has 1 atom stereocenters. The van der Waals surface area contributed by atoms with Gasteiger partial charge in [-0.1, -0.05) is 25.4 Å². The smallest absolute Gasteiger partial charge is 0.230 e. The van der Waals surface area contributed by atoms with Crippen molar-refractivity contribution in [2.24, 2.45) is 5.92 Å². The van der Waals surface area contributed by atoms with E-state index in [1.165, 1.54) is 18.7 Å². The minimum Gasteiger partial charge on any atom is -0.399 e. The van der Waals surface area contributed by atoms with Gasteiger partial charge in [-0.15, -0.1) is 11.8 Å². The van der Waals surface area contributed by atoms with Crippen LogP contribution in [0.25, 0.3) is 0 Å². The fourth-order valence-electron chi connectivity index (χ4n) is 1.73. The van der Waals surface area contributed by atoms with Crippen molar-refractivity contribution in [2.45, 2.75) is 31.7 Å². The lowest BCUT2D eigenvalue weighted by Crippen LogP contribution is -2.44. The van der Waals surface area contributed by atoms with Crippen LogP contribution in [0.2, 0.25) is 5.02 Å². The molecule has 0 spiro atoms. The normalized spacial score (nSPS) is 12.2. The molecule has 0 aliphatic carbocycles. The summed E-state index contributed by atoms with van der Waals surface area (Å²) in [6, 6.07) is 4.69. The minimum absolute atomic E-state index is 0.0414. The fourth-order valence-corrected chi connectivity index (χ4v) is 2.80. The van der Waals surface area contributed by atoms with Gasteiger partial charge in [-0.3, -0.25) is 9.59 Å². The molecule has 0 saturated heterocycles. The maximum absolute atomic E-state index is 11.9. The Morgan fingerprint density at radius 2 is 2.05 bits per heavy atom. The van der Waals surface area contributed by atoms with Gasteiger partial charge in [0.2, 0.25) is 5.91 Å². The topological polar surface area (TPSA) is 72.2 Å². The van der Waals surface area contributed by atoms with Crippen LogP contribution >= 0.6 is 23.4 Å². The molecule has 1 aromatic carbocycles. The number of hydrogen-bond acceptors (Lipinski definition) is 4. The van der Waals surface area contributed by atoms with Gasteiger partial charge in [-0.25, -0.2) is 0 Å². The second-order valence-corrected chi connectivity index (χ2v) is 6.30. The lowest BCUT2D eigenvalue weighted by Gasteiger charge is -2.19. The molecule has 0 aromatic heterocycles. The molecule has 110 valence electrons. The van der Waals surface area contributed by atoms with Crippen molar-refractivity contribution in [2.75, 3.05) is 11.5 Å². The maximum atomic E-state index is 11.9. The average Bonchev–Trinajstić information content (AvgIpc) is 2.36. The Bertz CT molecular complexity index is 506. The van der Waals surface area contributed by atoms with Crippen molar-refractivity contribution in [1.82, 2.24) is 5.32 Å². The highest BCUT2D eigenvalue weighted by molar-refractivity contribution is 8.00. The molecule has 1 amide bonds. The third-order valence-electron chi connectivity index (χ3n) is 2.74. The molecule has 0 saturated carbocycles. The highest BCUT2D eigenvalue weighted by atomic mass is 35.5. The first-order chi connectivity index (χ1) is 9.31. The van der Waals surface area contributed by atoms with E-state index in [1.807, 2.05) is 13.8 Å². The van der Waals surface area contributed by atoms with E-state index in [-0.39, 0.29) is 23.4 Å². The zero-order chi connectivity index (χ0) is 15.3. The van der Waals surface area contributed by atoms with Crippen LogP contribution in [0.15, 0.2) is 23.1 Å². The summed E-state index contributed by atoms with van der Waals surface area (Å²) in [6.45, 7) is 5.27. The van der Waals surface area contributed by atoms with E-state index in [4.69, 9.17) is 17.3 Å². The van der Waals surface area contributed by atoms with Crippen LogP contribution in [0, 0.1) is 5.92 Å². The molecule has 20 heavy (non-hydrogen) atoms. The summed E-state index contributed by atoms with van der Waals surface area (Å²) in [7, 11) is 0. The maximum Gasteiger partial charge on any atom is 0.230 e. The van der Waals surface area contributed by atoms with Crippen LogP contribution in [-0.2, 0) is 9.59 Å². The number of nitrogen functional groups attached to an aromatic ring is 1. The van der Waals surface area contributed by atoms with Crippen LogP contribution in [-0.4, -0.2) is 23.5 Å². The predicted octanol–water partition coefficient (Wildman–Crippen LogP) is 2.74. The molecular formula is C14H19ClN2O2S. The number of hydrogen-bond donors (Lipinski definition) is 2. The predicted molar refractivity (Wildman–Crippen MR) is 84.0 cm³/mol. The summed E-state index contributed by atoms with van der Waals surface area (Å²) in [6.07, 6.45) is 0. The summed E-state index contributed by atoms with van der Waals surface area (Å²) in [5.74, 6) is 0.0276. The number of nitrogens with two attached hydrogens (primary N) is 1. The van der Waals surface area contributed by atoms with Gasteiger partial charge >= 0.3 is 0 Å². The number of ketones is 1. The third kappa shape index (κ3) is 5.06. The van der Waals surface area contributed by atoms with Crippen molar-refractivity contribution in [3.05, 3.63) is 23.2 Å².